The first-order valence-corrected chi connectivity index (χ1v) is 14.0. The molecule has 0 aliphatic rings. The summed E-state index contributed by atoms with van der Waals surface area (Å²) in [6.07, 6.45) is -16.5. The van der Waals surface area contributed by atoms with E-state index in [1.807, 2.05) is 0 Å². The molecule has 0 heterocycles. The average Bonchev–Trinajstić information content (AvgIpc) is 2.76. The predicted octanol–water partition coefficient (Wildman–Crippen LogP) is 9.51. The number of carbonyl (C=O) groups is 1. The fourth-order valence-electron chi connectivity index (χ4n) is 3.77. The van der Waals surface area contributed by atoms with Gasteiger partial charge >= 0.3 is 18.5 Å². The van der Waals surface area contributed by atoms with Crippen LogP contribution in [-0.4, -0.2) is 38.1 Å². The highest BCUT2D eigenvalue weighted by Gasteiger charge is 2.41. The molecule has 0 spiro atoms. The largest absolute Gasteiger partial charge is 0.417 e. The lowest BCUT2D eigenvalue weighted by molar-refractivity contribution is -0.140. The molecule has 2 atom stereocenters. The highest BCUT2D eigenvalue weighted by molar-refractivity contribution is 7.91. The van der Waals surface area contributed by atoms with Crippen LogP contribution in [0.1, 0.15) is 46.3 Å². The van der Waals surface area contributed by atoms with E-state index in [1.165, 1.54) is 0 Å². The zero-order chi connectivity index (χ0) is 31.7. The standard InChI is InChI=1S/C24H17Cl3F10O3S/c1-11(9-41(39,40)10-22(29,30)31)4-20(38)14-3-2-12(5-16(14)24(35,36)37)19(28)8-15(23(32,33)34)13-6-17(25)21(27)18(26)7-13/h2-3,5-8,11,15H,4,9-10H2,1H3/b19-8-/t11-,15?/m0/s1. The molecule has 0 saturated heterocycles. The molecule has 0 aromatic heterocycles. The van der Waals surface area contributed by atoms with Gasteiger partial charge in [0.15, 0.2) is 15.6 Å². The monoisotopic (exact) mass is 680 g/mol. The number of alkyl halides is 9. The topological polar surface area (TPSA) is 51.2 Å². The molecule has 3 nitrogen and oxygen atoms in total. The molecule has 17 heteroatoms. The van der Waals surface area contributed by atoms with Crippen LogP contribution in [-0.2, 0) is 16.0 Å². The van der Waals surface area contributed by atoms with Gasteiger partial charge in [-0.05, 0) is 35.8 Å². The number of carbonyl (C=O) groups excluding carboxylic acids is 1. The van der Waals surface area contributed by atoms with Gasteiger partial charge in [0, 0.05) is 17.5 Å². The second-order valence-electron chi connectivity index (χ2n) is 8.99. The molecule has 41 heavy (non-hydrogen) atoms. The Morgan fingerprint density at radius 2 is 1.46 bits per heavy atom. The van der Waals surface area contributed by atoms with Crippen molar-refractivity contribution >= 4 is 56.3 Å². The van der Waals surface area contributed by atoms with Crippen LogP contribution in [0.5, 0.6) is 0 Å². The Morgan fingerprint density at radius 3 is 1.93 bits per heavy atom. The molecular weight excluding hydrogens is 665 g/mol. The number of benzene rings is 2. The van der Waals surface area contributed by atoms with Crippen molar-refractivity contribution in [1.82, 2.24) is 0 Å². The summed E-state index contributed by atoms with van der Waals surface area (Å²) in [4.78, 5) is 12.6. The van der Waals surface area contributed by atoms with Gasteiger partial charge in [0.05, 0.1) is 26.4 Å². The van der Waals surface area contributed by atoms with E-state index >= 15 is 0 Å². The van der Waals surface area contributed by atoms with E-state index in [2.05, 4.69) is 0 Å². The smallest absolute Gasteiger partial charge is 0.294 e. The summed E-state index contributed by atoms with van der Waals surface area (Å²) in [5.41, 5.74) is -4.51. The van der Waals surface area contributed by atoms with Gasteiger partial charge in [-0.1, -0.05) is 53.9 Å². The number of Topliss-reactive ketones (excluding diaryl/α,β-unsaturated/α-hetero) is 1. The van der Waals surface area contributed by atoms with Crippen molar-refractivity contribution in [3.8, 4) is 0 Å². The minimum atomic E-state index is -5.33. The van der Waals surface area contributed by atoms with Crippen LogP contribution in [0.15, 0.2) is 36.4 Å². The molecule has 0 aliphatic heterocycles. The van der Waals surface area contributed by atoms with Crippen LogP contribution in [0.4, 0.5) is 43.9 Å². The van der Waals surface area contributed by atoms with Crippen LogP contribution in [0.3, 0.4) is 0 Å². The van der Waals surface area contributed by atoms with E-state index in [0.29, 0.717) is 12.1 Å². The van der Waals surface area contributed by atoms with Crippen LogP contribution in [0, 0.1) is 5.92 Å². The number of ketones is 1. The van der Waals surface area contributed by atoms with E-state index in [9.17, 15) is 57.1 Å². The molecule has 0 N–H and O–H groups in total. The van der Waals surface area contributed by atoms with Crippen molar-refractivity contribution < 1.29 is 57.1 Å². The summed E-state index contributed by atoms with van der Waals surface area (Å²) in [6.45, 7) is 1.03. The minimum Gasteiger partial charge on any atom is -0.294 e. The minimum absolute atomic E-state index is 0.0273. The maximum absolute atomic E-state index is 15.0. The lowest BCUT2D eigenvalue weighted by Crippen LogP contribution is -2.28. The molecule has 2 aromatic rings. The van der Waals surface area contributed by atoms with Gasteiger partial charge in [-0.2, -0.15) is 39.5 Å². The lowest BCUT2D eigenvalue weighted by Gasteiger charge is -2.19. The second kappa shape index (κ2) is 12.7. The summed E-state index contributed by atoms with van der Waals surface area (Å²) in [7, 11) is -4.75. The van der Waals surface area contributed by atoms with Crippen molar-refractivity contribution in [3.05, 3.63) is 73.7 Å². The van der Waals surface area contributed by atoms with Gasteiger partial charge in [-0.25, -0.2) is 12.8 Å². The van der Waals surface area contributed by atoms with Crippen molar-refractivity contribution in [2.45, 2.75) is 37.8 Å². The van der Waals surface area contributed by atoms with E-state index < -0.39 is 102 Å². The zero-order valence-corrected chi connectivity index (χ0v) is 23.4. The molecule has 0 aliphatic carbocycles. The molecule has 0 saturated carbocycles. The van der Waals surface area contributed by atoms with Crippen LogP contribution in [0.25, 0.3) is 5.83 Å². The van der Waals surface area contributed by atoms with E-state index in [4.69, 9.17) is 34.8 Å². The lowest BCUT2D eigenvalue weighted by atomic mass is 9.93. The summed E-state index contributed by atoms with van der Waals surface area (Å²) in [5, 5.41) is -1.09. The third-order valence-electron chi connectivity index (χ3n) is 5.39. The molecule has 2 rings (SSSR count). The molecule has 1 unspecified atom stereocenters. The van der Waals surface area contributed by atoms with E-state index in [1.54, 1.807) is 0 Å². The Labute approximate surface area is 242 Å². The summed E-state index contributed by atoms with van der Waals surface area (Å²) in [5.74, 6) is -10.5. The maximum Gasteiger partial charge on any atom is 0.417 e. The van der Waals surface area contributed by atoms with E-state index in [-0.39, 0.29) is 17.2 Å². The first-order chi connectivity index (χ1) is 18.4. The molecule has 0 radical (unpaired) electrons. The fourth-order valence-corrected chi connectivity index (χ4v) is 5.99. The summed E-state index contributed by atoms with van der Waals surface area (Å²) >= 11 is 17.2. The number of hydrogen-bond donors (Lipinski definition) is 0. The highest BCUT2D eigenvalue weighted by atomic mass is 35.5. The Hall–Kier alpha value is -2.03. The third kappa shape index (κ3) is 10.0. The average molecular weight is 682 g/mol. The van der Waals surface area contributed by atoms with Crippen LogP contribution in [0.2, 0.25) is 15.1 Å². The predicted molar refractivity (Wildman–Crippen MR) is 134 cm³/mol. The zero-order valence-electron chi connectivity index (χ0n) is 20.3. The van der Waals surface area contributed by atoms with Gasteiger partial charge < -0.3 is 0 Å². The van der Waals surface area contributed by atoms with Gasteiger partial charge in [-0.3, -0.25) is 4.79 Å². The van der Waals surface area contributed by atoms with Crippen molar-refractivity contribution in [1.29, 1.82) is 0 Å². The SMILES string of the molecule is C[C@@H](CC(=O)c1ccc(/C(F)=C/C(c2cc(Cl)c(Cl)c(Cl)c2)C(F)(F)F)cc1C(F)(F)F)CS(=O)(=O)CC(F)(F)F. The number of allylic oxidation sites excluding steroid dienone is 1. The number of hydrogen-bond acceptors (Lipinski definition) is 3. The third-order valence-corrected chi connectivity index (χ3v) is 8.43. The first kappa shape index (κ1) is 35.2. The van der Waals surface area contributed by atoms with Crippen molar-refractivity contribution in [2.24, 2.45) is 5.92 Å². The van der Waals surface area contributed by atoms with Crippen LogP contribution >= 0.6 is 34.8 Å². The Morgan fingerprint density at radius 1 is 0.927 bits per heavy atom. The van der Waals surface area contributed by atoms with Gasteiger partial charge in [0.2, 0.25) is 0 Å². The Bertz CT molecular complexity index is 1410. The molecule has 2 aromatic carbocycles. The molecule has 0 bridgehead atoms. The second-order valence-corrected chi connectivity index (χ2v) is 12.3. The van der Waals surface area contributed by atoms with Gasteiger partial charge in [0.1, 0.15) is 17.5 Å². The fraction of sp³-hybridized carbons (Fsp3) is 0.375. The van der Waals surface area contributed by atoms with Crippen LogP contribution < -0.4 is 0 Å². The molecular formula is C24H17Cl3F10O3S. The van der Waals surface area contributed by atoms with E-state index in [0.717, 1.165) is 19.1 Å². The highest BCUT2D eigenvalue weighted by Crippen LogP contribution is 2.43. The Kier molecular flexibility index (Phi) is 10.9. The normalized spacial score (nSPS) is 15.1. The number of halogens is 13. The Balaban J connectivity index is 2.46. The number of rotatable bonds is 9. The van der Waals surface area contributed by atoms with Gasteiger partial charge in [-0.15, -0.1) is 0 Å². The quantitative estimate of drug-likeness (QED) is 0.151. The number of sulfone groups is 1. The first-order valence-electron chi connectivity index (χ1n) is 11.0. The molecule has 0 fully saturated rings. The summed E-state index contributed by atoms with van der Waals surface area (Å²) in [6, 6.07) is 2.64. The molecule has 0 amide bonds. The van der Waals surface area contributed by atoms with Crippen molar-refractivity contribution in [2.75, 3.05) is 11.5 Å². The summed E-state index contributed by atoms with van der Waals surface area (Å²) < 4.78 is 158. The van der Waals surface area contributed by atoms with Crippen molar-refractivity contribution in [3.63, 3.8) is 0 Å². The molecule has 228 valence electrons. The van der Waals surface area contributed by atoms with Gasteiger partial charge in [0.25, 0.3) is 0 Å². The maximum atomic E-state index is 15.0.